The summed E-state index contributed by atoms with van der Waals surface area (Å²) >= 11 is 3.51. The first kappa shape index (κ1) is 61.9. The highest BCUT2D eigenvalue weighted by Crippen LogP contribution is 2.45. The quantitative estimate of drug-likeness (QED) is 0.109. The molecule has 0 amide bonds. The van der Waals surface area contributed by atoms with Crippen molar-refractivity contribution in [2.45, 2.75) is 0 Å². The van der Waals surface area contributed by atoms with E-state index < -0.39 is 0 Å². The molecule has 15 aromatic carbocycles. The molecular formula is C98H62N4S2. The van der Waals surface area contributed by atoms with Crippen molar-refractivity contribution in [3.8, 4) is 157 Å². The first-order chi connectivity index (χ1) is 51.5. The van der Waals surface area contributed by atoms with E-state index in [0.29, 0.717) is 5.82 Å². The molecule has 0 saturated carbocycles. The van der Waals surface area contributed by atoms with Crippen LogP contribution >= 0.6 is 22.7 Å². The van der Waals surface area contributed by atoms with Crippen molar-refractivity contribution in [3.63, 3.8) is 0 Å². The number of benzene rings is 15. The highest BCUT2D eigenvalue weighted by molar-refractivity contribution is 7.26. The summed E-state index contributed by atoms with van der Waals surface area (Å²) in [5, 5.41) is 2.28. The molecule has 19 rings (SSSR count). The summed E-state index contributed by atoms with van der Waals surface area (Å²) in [5.74, 6) is 1.41. The Kier molecular flexibility index (Phi) is 15.9. The molecule has 4 nitrogen and oxygen atoms in total. The Labute approximate surface area is 611 Å². The van der Waals surface area contributed by atoms with Crippen molar-refractivity contribution in [2.75, 3.05) is 0 Å². The van der Waals surface area contributed by atoms with Crippen molar-refractivity contribution in [1.82, 2.24) is 19.9 Å². The summed E-state index contributed by atoms with van der Waals surface area (Å²) in [6.07, 6.45) is 0. The number of hydrogen-bond donors (Lipinski definition) is 0. The van der Waals surface area contributed by atoms with E-state index in [2.05, 4.69) is 376 Å². The number of thiophene rings is 2. The van der Waals surface area contributed by atoms with Crippen LogP contribution in [0.25, 0.3) is 197 Å². The second-order valence-corrected chi connectivity index (χ2v) is 28.6. The molecule has 6 heteroatoms. The third-order valence-electron chi connectivity index (χ3n) is 19.9. The largest absolute Gasteiger partial charge is 0.226 e. The van der Waals surface area contributed by atoms with Crippen LogP contribution in [0.4, 0.5) is 0 Å². The first-order valence-electron chi connectivity index (χ1n) is 35.1. The fraction of sp³-hybridized carbons (Fsp3) is 0. The van der Waals surface area contributed by atoms with Crippen LogP contribution in [-0.4, -0.2) is 19.9 Å². The average molecular weight is 1360 g/mol. The summed E-state index contributed by atoms with van der Waals surface area (Å²) < 4.78 is 4.56. The van der Waals surface area contributed by atoms with Crippen LogP contribution < -0.4 is 0 Å². The van der Waals surface area contributed by atoms with Gasteiger partial charge in [0.25, 0.3) is 0 Å². The fourth-order valence-electron chi connectivity index (χ4n) is 14.6. The van der Waals surface area contributed by atoms with Gasteiger partial charge in [-0.25, -0.2) is 19.9 Å². The van der Waals surface area contributed by atoms with E-state index in [9.17, 15) is 0 Å². The Balaban J connectivity index is 0.627. The molecular weight excluding hydrogens is 1300 g/mol. The normalized spacial score (nSPS) is 11.5. The summed E-state index contributed by atoms with van der Waals surface area (Å²) in [5.41, 5.74) is 30.7. The van der Waals surface area contributed by atoms with Crippen LogP contribution in [0.15, 0.2) is 376 Å². The van der Waals surface area contributed by atoms with E-state index >= 15 is 0 Å². The zero-order valence-corrected chi connectivity index (χ0v) is 58.0. The monoisotopic (exact) mass is 1360 g/mol. The van der Waals surface area contributed by atoms with Crippen LogP contribution in [0.1, 0.15) is 0 Å². The van der Waals surface area contributed by atoms with Gasteiger partial charge in [-0.1, -0.05) is 291 Å². The topological polar surface area (TPSA) is 51.6 Å². The molecule has 0 N–H and O–H groups in total. The zero-order valence-electron chi connectivity index (χ0n) is 56.4. The van der Waals surface area contributed by atoms with E-state index in [1.807, 2.05) is 0 Å². The van der Waals surface area contributed by atoms with E-state index in [0.717, 1.165) is 160 Å². The fourth-order valence-corrected chi connectivity index (χ4v) is 16.9. The van der Waals surface area contributed by atoms with Crippen molar-refractivity contribution in [1.29, 1.82) is 0 Å². The molecule has 0 fully saturated rings. The maximum absolute atomic E-state index is 5.59. The lowest BCUT2D eigenvalue weighted by atomic mass is 9.91. The second kappa shape index (κ2) is 26.8. The van der Waals surface area contributed by atoms with Crippen LogP contribution in [0.2, 0.25) is 0 Å². The predicted molar refractivity (Wildman–Crippen MR) is 440 cm³/mol. The molecule has 19 aromatic rings. The van der Waals surface area contributed by atoms with Gasteiger partial charge in [0, 0.05) is 42.4 Å². The van der Waals surface area contributed by atoms with Gasteiger partial charge in [0.15, 0.2) is 11.6 Å². The van der Waals surface area contributed by atoms with Gasteiger partial charge >= 0.3 is 0 Å². The van der Waals surface area contributed by atoms with E-state index in [4.69, 9.17) is 19.9 Å². The van der Waals surface area contributed by atoms with Gasteiger partial charge in [0.1, 0.15) is 0 Å². The van der Waals surface area contributed by atoms with Crippen molar-refractivity contribution >= 4 is 63.3 Å². The lowest BCUT2D eigenvalue weighted by molar-refractivity contribution is 1.24. The van der Waals surface area contributed by atoms with Crippen molar-refractivity contribution in [2.24, 2.45) is 0 Å². The molecule has 4 aromatic heterocycles. The van der Waals surface area contributed by atoms with E-state index in [1.54, 1.807) is 22.7 Å². The number of fused-ring (bicyclic) bond motifs is 6. The van der Waals surface area contributed by atoms with E-state index in [-0.39, 0.29) is 0 Å². The molecule has 0 bridgehead atoms. The van der Waals surface area contributed by atoms with Gasteiger partial charge in [-0.2, -0.15) is 0 Å². The molecule has 0 saturated heterocycles. The maximum Gasteiger partial charge on any atom is 0.160 e. The number of aromatic nitrogens is 4. The summed E-state index contributed by atoms with van der Waals surface area (Å²) in [6.45, 7) is 0. The van der Waals surface area contributed by atoms with E-state index in [1.165, 1.54) is 31.7 Å². The Morgan fingerprint density at radius 2 is 0.375 bits per heavy atom. The predicted octanol–water partition coefficient (Wildman–Crippen LogP) is 27.3. The Hall–Kier alpha value is -13.1. The third kappa shape index (κ3) is 12.0. The lowest BCUT2D eigenvalue weighted by Gasteiger charge is -2.14. The van der Waals surface area contributed by atoms with Gasteiger partial charge < -0.3 is 0 Å². The zero-order chi connectivity index (χ0) is 68.9. The van der Waals surface area contributed by atoms with Gasteiger partial charge in [-0.3, -0.25) is 0 Å². The minimum Gasteiger partial charge on any atom is -0.226 e. The number of rotatable bonds is 14. The molecule has 0 aliphatic carbocycles. The van der Waals surface area contributed by atoms with Crippen LogP contribution in [0.3, 0.4) is 0 Å². The molecule has 0 atom stereocenters. The Morgan fingerprint density at radius 1 is 0.154 bits per heavy atom. The van der Waals surface area contributed by atoms with Gasteiger partial charge in [-0.15, -0.1) is 22.7 Å². The Morgan fingerprint density at radius 3 is 0.731 bits per heavy atom. The van der Waals surface area contributed by atoms with Crippen LogP contribution in [0, 0.1) is 0 Å². The molecule has 4 heterocycles. The number of hydrogen-bond acceptors (Lipinski definition) is 6. The number of nitrogens with zero attached hydrogens (tertiary/aromatic N) is 4. The lowest BCUT2D eigenvalue weighted by Crippen LogP contribution is -1.94. The van der Waals surface area contributed by atoms with Gasteiger partial charge in [-0.05, 0) is 196 Å². The average Bonchev–Trinajstić information content (AvgIpc) is 1.58. The van der Waals surface area contributed by atoms with Crippen LogP contribution in [-0.2, 0) is 0 Å². The highest BCUT2D eigenvalue weighted by Gasteiger charge is 2.21. The minimum atomic E-state index is 0.686. The van der Waals surface area contributed by atoms with Crippen molar-refractivity contribution < 1.29 is 0 Å². The molecule has 104 heavy (non-hydrogen) atoms. The highest BCUT2D eigenvalue weighted by atomic mass is 32.1. The van der Waals surface area contributed by atoms with Gasteiger partial charge in [0.2, 0.25) is 0 Å². The molecule has 486 valence electrons. The Bertz CT molecular complexity index is 6400. The minimum absolute atomic E-state index is 0.686. The second-order valence-electron chi connectivity index (χ2n) is 26.5. The molecule has 0 radical (unpaired) electrons. The molecule has 0 aliphatic rings. The third-order valence-corrected chi connectivity index (χ3v) is 22.2. The smallest absolute Gasteiger partial charge is 0.160 e. The standard InChI is InChI=1S/C98H62N4S2/c1-5-23-63(24-6-1)81-57-82(64-25-7-2-8-26-64)59-84(58-81)77-39-22-42-80(56-77)98-100-92(96-94(102-98)88-44-14-16-46-90(88)104-96)78-40-20-38-76(54-78)86-61-83(65-27-9-3-10-28-65)60-85(62-86)75-37-19-36-74(53-75)73-35-18-34-72(52-73)71-33-17-31-69(51-71)66-47-49-67(50-48-66)70-32-21-41-79(55-70)97-99-91(68-29-11-4-12-30-68)95-93(101-97)87-43-13-15-45-89(87)103-95/h1-62H. The molecule has 0 aliphatic heterocycles. The summed E-state index contributed by atoms with van der Waals surface area (Å²) in [6, 6.07) is 136. The molecule has 0 unspecified atom stereocenters. The van der Waals surface area contributed by atoms with Crippen LogP contribution in [0.5, 0.6) is 0 Å². The van der Waals surface area contributed by atoms with Crippen molar-refractivity contribution in [3.05, 3.63) is 376 Å². The summed E-state index contributed by atoms with van der Waals surface area (Å²) in [4.78, 5) is 21.5. The van der Waals surface area contributed by atoms with Gasteiger partial charge in [0.05, 0.1) is 31.8 Å². The maximum atomic E-state index is 5.59. The molecule has 0 spiro atoms. The summed E-state index contributed by atoms with van der Waals surface area (Å²) in [7, 11) is 0. The first-order valence-corrected chi connectivity index (χ1v) is 36.7. The SMILES string of the molecule is c1ccc(-c2cc(-c3ccccc3)cc(-c3cccc(-c4nc(-c5cccc(-c6cc(-c7ccccc7)cc(-c7cccc(-c8cccc(-c9cccc(-c%10ccc(-c%11cccc(-c%12nc(-c%13ccccc%13)c%13sc%14ccccc%14c%13n%12)c%11)cc%10)c9)c8)c7)c6)c5)c5sc6ccccc6c5n4)c3)c2)cc1.